The number of fused-ring (bicyclic) bond motifs is 4. The van der Waals surface area contributed by atoms with Crippen molar-refractivity contribution in [3.05, 3.63) is 60.4 Å². The van der Waals surface area contributed by atoms with Crippen LogP contribution in [0.25, 0.3) is 38.7 Å². The number of H-pyrrole nitrogens is 1. The van der Waals surface area contributed by atoms with Gasteiger partial charge in [-0.3, -0.25) is 4.98 Å². The lowest BCUT2D eigenvalue weighted by Crippen LogP contribution is -2.20. The van der Waals surface area contributed by atoms with Crippen molar-refractivity contribution in [3.63, 3.8) is 0 Å². The summed E-state index contributed by atoms with van der Waals surface area (Å²) in [6, 6.07) is 8.67. The van der Waals surface area contributed by atoms with Gasteiger partial charge < -0.3 is 9.72 Å². The van der Waals surface area contributed by atoms with Gasteiger partial charge in [0, 0.05) is 47.3 Å². The maximum Gasteiger partial charge on any atom is 0.165 e. The second kappa shape index (κ2) is 7.13. The van der Waals surface area contributed by atoms with Crippen molar-refractivity contribution in [2.45, 2.75) is 37.7 Å². The molecule has 31 heavy (non-hydrogen) atoms. The van der Waals surface area contributed by atoms with Crippen molar-refractivity contribution in [3.8, 4) is 11.1 Å². The van der Waals surface area contributed by atoms with E-state index in [-0.39, 0.29) is 5.82 Å². The number of ether oxygens (including phenoxy) is 1. The highest BCUT2D eigenvalue weighted by Gasteiger charge is 2.26. The summed E-state index contributed by atoms with van der Waals surface area (Å²) in [6.07, 6.45) is 10.1. The fourth-order valence-electron chi connectivity index (χ4n) is 4.87. The monoisotopic (exact) mass is 415 g/mol. The molecule has 0 spiro atoms. The third-order valence-electron chi connectivity index (χ3n) is 6.53. The third kappa shape index (κ3) is 2.99. The van der Waals surface area contributed by atoms with Gasteiger partial charge in [-0.25, -0.2) is 9.37 Å². The number of hydrogen-bond donors (Lipinski definition) is 1. The number of hydrogen-bond acceptors (Lipinski definition) is 4. The number of nitrogens with one attached hydrogen (secondary N) is 1. The average Bonchev–Trinajstić information content (AvgIpc) is 3.45. The summed E-state index contributed by atoms with van der Waals surface area (Å²) in [6.45, 7) is 0. The zero-order valence-corrected chi connectivity index (χ0v) is 17.2. The molecule has 5 aromatic rings. The number of halogens is 1. The van der Waals surface area contributed by atoms with E-state index in [1.54, 1.807) is 19.4 Å². The van der Waals surface area contributed by atoms with Crippen LogP contribution in [0.1, 0.15) is 37.3 Å². The van der Waals surface area contributed by atoms with Gasteiger partial charge in [0.1, 0.15) is 11.5 Å². The molecule has 4 aromatic heterocycles. The van der Waals surface area contributed by atoms with E-state index >= 15 is 0 Å². The van der Waals surface area contributed by atoms with Gasteiger partial charge in [-0.2, -0.15) is 9.61 Å². The first-order chi connectivity index (χ1) is 15.2. The van der Waals surface area contributed by atoms with Crippen molar-refractivity contribution < 1.29 is 9.13 Å². The Hall–Kier alpha value is -3.32. The molecule has 0 radical (unpaired) electrons. The lowest BCUT2D eigenvalue weighted by molar-refractivity contribution is 0.0656. The second-order valence-electron chi connectivity index (χ2n) is 8.30. The van der Waals surface area contributed by atoms with Gasteiger partial charge in [-0.15, -0.1) is 0 Å². The molecule has 1 aliphatic rings. The van der Waals surface area contributed by atoms with E-state index in [4.69, 9.17) is 9.72 Å². The minimum absolute atomic E-state index is 0.272. The quantitative estimate of drug-likeness (QED) is 0.438. The number of methoxy groups -OCH3 is 1. The Morgan fingerprint density at radius 3 is 2.81 bits per heavy atom. The molecule has 4 heterocycles. The smallest absolute Gasteiger partial charge is 0.165 e. The van der Waals surface area contributed by atoms with Crippen LogP contribution in [0.5, 0.6) is 0 Å². The van der Waals surface area contributed by atoms with Crippen LogP contribution < -0.4 is 0 Å². The Morgan fingerprint density at radius 1 is 1.10 bits per heavy atom. The van der Waals surface area contributed by atoms with E-state index in [1.807, 2.05) is 23.0 Å². The van der Waals surface area contributed by atoms with Crippen molar-refractivity contribution in [2.24, 2.45) is 0 Å². The normalized spacial score (nSPS) is 19.5. The number of benzene rings is 1. The minimum atomic E-state index is -0.272. The summed E-state index contributed by atoms with van der Waals surface area (Å²) < 4.78 is 21.1. The molecule has 1 aromatic carbocycles. The summed E-state index contributed by atoms with van der Waals surface area (Å²) in [5.74, 6) is 0.118. The summed E-state index contributed by atoms with van der Waals surface area (Å²) >= 11 is 0. The van der Waals surface area contributed by atoms with E-state index in [0.717, 1.165) is 70.1 Å². The van der Waals surface area contributed by atoms with Crippen LogP contribution in [-0.2, 0) is 4.74 Å². The van der Waals surface area contributed by atoms with Crippen LogP contribution in [0.4, 0.5) is 4.39 Å². The van der Waals surface area contributed by atoms with E-state index < -0.39 is 0 Å². The highest BCUT2D eigenvalue weighted by atomic mass is 19.1. The van der Waals surface area contributed by atoms with Crippen molar-refractivity contribution >= 4 is 27.6 Å². The van der Waals surface area contributed by atoms with Crippen LogP contribution in [-0.4, -0.2) is 37.8 Å². The number of nitrogens with zero attached hydrogens (tertiary/aromatic N) is 4. The first kappa shape index (κ1) is 18.4. The molecule has 1 aliphatic carbocycles. The van der Waals surface area contributed by atoms with Crippen LogP contribution >= 0.6 is 0 Å². The number of rotatable bonds is 3. The lowest BCUT2D eigenvalue weighted by atomic mass is 9.84. The Balaban J connectivity index is 1.51. The van der Waals surface area contributed by atoms with Gasteiger partial charge >= 0.3 is 0 Å². The number of pyridine rings is 1. The van der Waals surface area contributed by atoms with Crippen LogP contribution in [0.2, 0.25) is 0 Å². The molecule has 0 amide bonds. The molecular weight excluding hydrogens is 393 g/mol. The Bertz CT molecular complexity index is 1410. The van der Waals surface area contributed by atoms with E-state index in [1.165, 1.54) is 12.1 Å². The van der Waals surface area contributed by atoms with Gasteiger partial charge in [-0.1, -0.05) is 0 Å². The molecule has 0 aliphatic heterocycles. The Labute approximate surface area is 178 Å². The lowest BCUT2D eigenvalue weighted by Gasteiger charge is -2.27. The fourth-order valence-corrected chi connectivity index (χ4v) is 4.87. The first-order valence-electron chi connectivity index (χ1n) is 10.6. The van der Waals surface area contributed by atoms with E-state index in [9.17, 15) is 4.39 Å². The second-order valence-corrected chi connectivity index (χ2v) is 8.30. The predicted octanol–water partition coefficient (Wildman–Crippen LogP) is 5.24. The molecule has 1 saturated carbocycles. The first-order valence-corrected chi connectivity index (χ1v) is 10.6. The largest absolute Gasteiger partial charge is 0.381 e. The van der Waals surface area contributed by atoms with Gasteiger partial charge in [0.05, 0.1) is 23.5 Å². The van der Waals surface area contributed by atoms with Crippen molar-refractivity contribution in [2.75, 3.05) is 7.11 Å². The highest BCUT2D eigenvalue weighted by molar-refractivity contribution is 5.89. The Morgan fingerprint density at radius 2 is 1.97 bits per heavy atom. The minimum Gasteiger partial charge on any atom is -0.381 e. The molecule has 6 nitrogen and oxygen atoms in total. The van der Waals surface area contributed by atoms with Crippen molar-refractivity contribution in [1.29, 1.82) is 0 Å². The van der Waals surface area contributed by atoms with E-state index in [2.05, 4.69) is 21.1 Å². The molecule has 0 bridgehead atoms. The van der Waals surface area contributed by atoms with E-state index in [0.29, 0.717) is 12.0 Å². The topological polar surface area (TPSA) is 68.1 Å². The SMILES string of the molecule is CO[C@H]1CC[C@@H](c2nc3c(-c4cnc5ccc(F)cc5c4)cnn3c3[nH]ccc32)CC1. The molecule has 0 saturated heterocycles. The van der Waals surface area contributed by atoms with Crippen molar-refractivity contribution in [1.82, 2.24) is 24.6 Å². The summed E-state index contributed by atoms with van der Waals surface area (Å²) in [5.41, 5.74) is 5.37. The van der Waals surface area contributed by atoms with Crippen LogP contribution in [0, 0.1) is 5.82 Å². The fraction of sp³-hybridized carbons (Fsp3) is 0.292. The molecule has 7 heteroatoms. The van der Waals surface area contributed by atoms with Gasteiger partial charge in [-0.05, 0) is 56.0 Å². The standard InChI is InChI=1S/C24H22FN5O/c1-31-18-5-2-14(3-6-18)22-19-8-9-26-23(19)30-24(29-22)20(13-28-30)16-10-15-11-17(25)4-7-21(15)27-12-16/h4,7-14,18,26H,2-3,5-6H2,1H3/t14-,18+. The van der Waals surface area contributed by atoms with Gasteiger partial charge in [0.25, 0.3) is 0 Å². The molecule has 0 unspecified atom stereocenters. The molecule has 1 N–H and O–H groups in total. The van der Waals surface area contributed by atoms with Gasteiger partial charge in [0.15, 0.2) is 5.65 Å². The molecule has 0 atom stereocenters. The van der Waals surface area contributed by atoms with Crippen LogP contribution in [0.3, 0.4) is 0 Å². The number of aromatic nitrogens is 5. The molecular formula is C24H22FN5O. The number of aromatic amines is 1. The third-order valence-corrected chi connectivity index (χ3v) is 6.53. The average molecular weight is 415 g/mol. The summed E-state index contributed by atoms with van der Waals surface area (Å²) in [4.78, 5) is 13.0. The summed E-state index contributed by atoms with van der Waals surface area (Å²) in [5, 5.41) is 6.48. The Kier molecular flexibility index (Phi) is 4.24. The zero-order chi connectivity index (χ0) is 20.9. The molecule has 6 rings (SSSR count). The highest BCUT2D eigenvalue weighted by Crippen LogP contribution is 2.37. The zero-order valence-electron chi connectivity index (χ0n) is 17.2. The maximum atomic E-state index is 13.7. The predicted molar refractivity (Wildman–Crippen MR) is 118 cm³/mol. The maximum absolute atomic E-state index is 13.7. The van der Waals surface area contributed by atoms with Gasteiger partial charge in [0.2, 0.25) is 0 Å². The van der Waals surface area contributed by atoms with Crippen LogP contribution in [0.15, 0.2) is 48.9 Å². The summed E-state index contributed by atoms with van der Waals surface area (Å²) in [7, 11) is 1.79. The molecule has 156 valence electrons. The molecule has 1 fully saturated rings.